The summed E-state index contributed by atoms with van der Waals surface area (Å²) in [7, 11) is 1.43. The lowest BCUT2D eigenvalue weighted by atomic mass is 9.43. The largest absolute Gasteiger partial charge is 0.469 e. The van der Waals surface area contributed by atoms with E-state index in [1.54, 1.807) is 6.08 Å². The zero-order valence-electron chi connectivity index (χ0n) is 18.3. The number of ether oxygens (including phenoxy) is 3. The predicted molar refractivity (Wildman–Crippen MR) is 107 cm³/mol. The molecule has 1 heterocycles. The molecule has 2 fully saturated rings. The second-order valence-corrected chi connectivity index (χ2v) is 9.58. The van der Waals surface area contributed by atoms with Crippen molar-refractivity contribution in [3.05, 3.63) is 11.6 Å². The molecule has 1 aliphatic heterocycles. The average molecular weight is 407 g/mol. The molecule has 0 N–H and O–H groups in total. The summed E-state index contributed by atoms with van der Waals surface area (Å²) in [5.41, 5.74) is 0.534. The Kier molecular flexibility index (Phi) is 6.11. The smallest absolute Gasteiger partial charge is 0.331 e. The molecular formula is C23H34O6. The lowest BCUT2D eigenvalue weighted by Gasteiger charge is -2.62. The van der Waals surface area contributed by atoms with Crippen molar-refractivity contribution in [2.45, 2.75) is 72.3 Å². The molecule has 0 unspecified atom stereocenters. The number of esters is 3. The zero-order chi connectivity index (χ0) is 21.4. The Bertz CT molecular complexity index is 712. The van der Waals surface area contributed by atoms with Crippen LogP contribution in [0.2, 0.25) is 0 Å². The number of methoxy groups -OCH3 is 1. The van der Waals surface area contributed by atoms with E-state index in [0.29, 0.717) is 12.5 Å². The molecule has 0 radical (unpaired) electrons. The summed E-state index contributed by atoms with van der Waals surface area (Å²) in [5, 5.41) is 0. The van der Waals surface area contributed by atoms with E-state index < -0.39 is 5.41 Å². The van der Waals surface area contributed by atoms with Crippen LogP contribution in [-0.4, -0.2) is 37.7 Å². The summed E-state index contributed by atoms with van der Waals surface area (Å²) in [4.78, 5) is 36.0. The Balaban J connectivity index is 1.94. The first-order valence-electron chi connectivity index (χ1n) is 10.7. The van der Waals surface area contributed by atoms with Gasteiger partial charge in [0.25, 0.3) is 0 Å². The van der Waals surface area contributed by atoms with Gasteiger partial charge in [-0.15, -0.1) is 0 Å². The molecule has 0 saturated heterocycles. The van der Waals surface area contributed by atoms with Crippen LogP contribution in [0.3, 0.4) is 0 Å². The first kappa shape index (κ1) is 21.8. The van der Waals surface area contributed by atoms with Crippen molar-refractivity contribution in [1.82, 2.24) is 0 Å². The summed E-state index contributed by atoms with van der Waals surface area (Å²) in [6, 6.07) is 0. The highest BCUT2D eigenvalue weighted by atomic mass is 16.5. The molecule has 0 bridgehead atoms. The van der Waals surface area contributed by atoms with Crippen molar-refractivity contribution in [1.29, 1.82) is 0 Å². The molecule has 29 heavy (non-hydrogen) atoms. The molecular weight excluding hydrogens is 372 g/mol. The van der Waals surface area contributed by atoms with Gasteiger partial charge in [-0.3, -0.25) is 9.59 Å². The van der Waals surface area contributed by atoms with Gasteiger partial charge in [-0.1, -0.05) is 27.2 Å². The third kappa shape index (κ3) is 3.82. The maximum Gasteiger partial charge on any atom is 0.331 e. The molecule has 2 aliphatic carbocycles. The van der Waals surface area contributed by atoms with Gasteiger partial charge in [0.05, 0.1) is 13.0 Å². The fraction of sp³-hybridized carbons (Fsp3) is 0.783. The lowest BCUT2D eigenvalue weighted by Crippen LogP contribution is -2.61. The molecule has 3 rings (SSSR count). The van der Waals surface area contributed by atoms with Crippen LogP contribution in [-0.2, 0) is 28.6 Å². The number of fused-ring (bicyclic) bond motifs is 1. The van der Waals surface area contributed by atoms with E-state index in [-0.39, 0.29) is 41.3 Å². The molecule has 0 aromatic carbocycles. The monoisotopic (exact) mass is 406 g/mol. The molecule has 0 aromatic rings. The summed E-state index contributed by atoms with van der Waals surface area (Å²) >= 11 is 0. The van der Waals surface area contributed by atoms with Crippen LogP contribution in [0.4, 0.5) is 0 Å². The van der Waals surface area contributed by atoms with Crippen molar-refractivity contribution < 1.29 is 28.6 Å². The van der Waals surface area contributed by atoms with Crippen molar-refractivity contribution >= 4 is 17.9 Å². The van der Waals surface area contributed by atoms with E-state index in [4.69, 9.17) is 14.2 Å². The van der Waals surface area contributed by atoms with Gasteiger partial charge < -0.3 is 14.2 Å². The topological polar surface area (TPSA) is 78.9 Å². The van der Waals surface area contributed by atoms with Gasteiger partial charge in [0.15, 0.2) is 0 Å². The predicted octanol–water partition coefficient (Wildman–Crippen LogP) is 3.82. The van der Waals surface area contributed by atoms with Crippen LogP contribution >= 0.6 is 0 Å². The van der Waals surface area contributed by atoms with Gasteiger partial charge in [-0.05, 0) is 54.9 Å². The Hall–Kier alpha value is -1.85. The molecule has 0 spiro atoms. The molecule has 0 aromatic heterocycles. The number of rotatable bonds is 5. The van der Waals surface area contributed by atoms with Crippen molar-refractivity contribution in [2.24, 2.45) is 28.6 Å². The number of carbonyl (C=O) groups is 3. The first-order valence-corrected chi connectivity index (χ1v) is 10.7. The van der Waals surface area contributed by atoms with Crippen molar-refractivity contribution in [3.63, 3.8) is 0 Å². The molecule has 6 heteroatoms. The summed E-state index contributed by atoms with van der Waals surface area (Å²) < 4.78 is 16.0. The van der Waals surface area contributed by atoms with E-state index in [2.05, 4.69) is 20.8 Å². The minimum atomic E-state index is -0.464. The fourth-order valence-electron chi connectivity index (χ4n) is 6.37. The highest BCUT2D eigenvalue weighted by Gasteiger charge is 2.63. The van der Waals surface area contributed by atoms with E-state index in [9.17, 15) is 14.4 Å². The Morgan fingerprint density at radius 3 is 2.59 bits per heavy atom. The van der Waals surface area contributed by atoms with E-state index in [1.807, 2.05) is 0 Å². The van der Waals surface area contributed by atoms with Crippen molar-refractivity contribution in [2.75, 3.05) is 13.7 Å². The highest BCUT2D eigenvalue weighted by Crippen LogP contribution is 2.64. The SMILES string of the molecule is COC(=O)[C@@H]1CCC[C@@H]2[C@](C)(CCC3=CC(=O)OC3)[C@H](C)C[C@H](OC(C)=O)[C@]21C. The second-order valence-electron chi connectivity index (χ2n) is 9.58. The van der Waals surface area contributed by atoms with Gasteiger partial charge in [-0.2, -0.15) is 0 Å². The van der Waals surface area contributed by atoms with Crippen LogP contribution in [0, 0.1) is 28.6 Å². The summed E-state index contributed by atoms with van der Waals surface area (Å²) in [5.74, 6) is -0.502. The molecule has 3 aliphatic rings. The molecule has 6 atom stereocenters. The van der Waals surface area contributed by atoms with E-state index >= 15 is 0 Å². The third-order valence-electron chi connectivity index (χ3n) is 8.17. The minimum absolute atomic E-state index is 0.0371. The Morgan fingerprint density at radius 2 is 2.00 bits per heavy atom. The highest BCUT2D eigenvalue weighted by molar-refractivity contribution is 5.85. The maximum atomic E-state index is 12.7. The quantitative estimate of drug-likeness (QED) is 0.510. The summed E-state index contributed by atoms with van der Waals surface area (Å²) in [6.07, 6.45) is 6.47. The maximum absolute atomic E-state index is 12.7. The van der Waals surface area contributed by atoms with Gasteiger partial charge in [-0.25, -0.2) is 4.79 Å². The van der Waals surface area contributed by atoms with Crippen LogP contribution in [0.25, 0.3) is 0 Å². The lowest BCUT2D eigenvalue weighted by molar-refractivity contribution is -0.210. The second kappa shape index (κ2) is 8.11. The fourth-order valence-corrected chi connectivity index (χ4v) is 6.37. The summed E-state index contributed by atoms with van der Waals surface area (Å²) in [6.45, 7) is 8.48. The van der Waals surface area contributed by atoms with Gasteiger partial charge >= 0.3 is 17.9 Å². The molecule has 162 valence electrons. The number of cyclic esters (lactones) is 1. The molecule has 6 nitrogen and oxygen atoms in total. The number of hydrogen-bond donors (Lipinski definition) is 0. The average Bonchev–Trinajstić information content (AvgIpc) is 3.09. The third-order valence-corrected chi connectivity index (χ3v) is 8.17. The van der Waals surface area contributed by atoms with E-state index in [1.165, 1.54) is 14.0 Å². The Morgan fingerprint density at radius 1 is 1.28 bits per heavy atom. The van der Waals surface area contributed by atoms with Crippen LogP contribution in [0.15, 0.2) is 11.6 Å². The Labute approximate surface area is 173 Å². The van der Waals surface area contributed by atoms with Gasteiger partial charge in [0.2, 0.25) is 0 Å². The molecule has 2 saturated carbocycles. The number of carbonyl (C=O) groups excluding carboxylic acids is 3. The zero-order valence-corrected chi connectivity index (χ0v) is 18.3. The van der Waals surface area contributed by atoms with Crippen LogP contribution in [0.5, 0.6) is 0 Å². The van der Waals surface area contributed by atoms with Crippen LogP contribution in [0.1, 0.15) is 66.2 Å². The van der Waals surface area contributed by atoms with E-state index in [0.717, 1.165) is 44.1 Å². The normalized spacial score (nSPS) is 39.2. The standard InChI is InChI=1S/C23H34O6/c1-14-11-19(29-15(2)24)23(4)17(21(26)27-5)7-6-8-18(23)22(14,3)10-9-16-12-20(25)28-13-16/h12,14,17-19H,6-11,13H2,1-5H3/t14-,17+,18-,19+,22-,23+/m1/s1. The van der Waals surface area contributed by atoms with Gasteiger partial charge in [0.1, 0.15) is 12.7 Å². The first-order chi connectivity index (χ1) is 13.6. The minimum Gasteiger partial charge on any atom is -0.469 e. The van der Waals surface area contributed by atoms with Crippen LogP contribution < -0.4 is 0 Å². The number of hydrogen-bond acceptors (Lipinski definition) is 6. The molecule has 0 amide bonds. The van der Waals surface area contributed by atoms with Gasteiger partial charge in [0, 0.05) is 18.4 Å². The van der Waals surface area contributed by atoms with Crippen molar-refractivity contribution in [3.8, 4) is 0 Å².